The molecule has 0 unspecified atom stereocenters. The van der Waals surface area contributed by atoms with Gasteiger partial charge in [-0.25, -0.2) is 0 Å². The van der Waals surface area contributed by atoms with Crippen LogP contribution in [0, 0.1) is 6.92 Å². The number of hydrogen-bond acceptors (Lipinski definition) is 1. The maximum atomic E-state index is 11.6. The highest BCUT2D eigenvalue weighted by Crippen LogP contribution is 2.23. The van der Waals surface area contributed by atoms with Gasteiger partial charge in [-0.15, -0.1) is 0 Å². The van der Waals surface area contributed by atoms with Gasteiger partial charge in [0.05, 0.1) is 5.75 Å². The first kappa shape index (κ1) is 8.50. The van der Waals surface area contributed by atoms with Gasteiger partial charge in [-0.05, 0) is 24.3 Å². The summed E-state index contributed by atoms with van der Waals surface area (Å²) < 4.78 is 23.3. The normalized spacial score (nSPS) is 12.0. The monoisotopic (exact) mass is 159 g/mol. The molecule has 0 fully saturated rings. The zero-order chi connectivity index (χ0) is 6.62. The summed E-state index contributed by atoms with van der Waals surface area (Å²) in [4.78, 5) is 0. The van der Waals surface area contributed by atoms with E-state index >= 15 is 0 Å². The van der Waals surface area contributed by atoms with Crippen molar-refractivity contribution in [3.8, 4) is 0 Å². The SMILES string of the molecule is [CH2]CSCC(F)(F)Cl. The summed E-state index contributed by atoms with van der Waals surface area (Å²) in [5.74, 6) is 0.0837. The van der Waals surface area contributed by atoms with E-state index in [-0.39, 0.29) is 5.75 Å². The molecule has 0 heterocycles. The molecular weight excluding hydrogens is 154 g/mol. The molecule has 0 aliphatic heterocycles. The highest BCUT2D eigenvalue weighted by Gasteiger charge is 2.23. The summed E-state index contributed by atoms with van der Waals surface area (Å²) in [6.07, 6.45) is 0. The highest BCUT2D eigenvalue weighted by molar-refractivity contribution is 7.99. The summed E-state index contributed by atoms with van der Waals surface area (Å²) in [5.41, 5.74) is 0. The van der Waals surface area contributed by atoms with E-state index in [0.29, 0.717) is 5.75 Å². The molecule has 0 aromatic rings. The number of hydrogen-bond donors (Lipinski definition) is 0. The van der Waals surface area contributed by atoms with Crippen molar-refractivity contribution in [3.05, 3.63) is 6.92 Å². The third kappa shape index (κ3) is 6.50. The second kappa shape index (κ2) is 3.51. The Kier molecular flexibility index (Phi) is 3.73. The van der Waals surface area contributed by atoms with Crippen LogP contribution in [0.1, 0.15) is 0 Å². The largest absolute Gasteiger partial charge is 0.330 e. The van der Waals surface area contributed by atoms with E-state index in [1.807, 2.05) is 0 Å². The van der Waals surface area contributed by atoms with Crippen molar-refractivity contribution in [1.82, 2.24) is 0 Å². The predicted molar refractivity (Wildman–Crippen MR) is 33.5 cm³/mol. The lowest BCUT2D eigenvalue weighted by atomic mass is 10.8. The topological polar surface area (TPSA) is 0 Å². The molecule has 0 amide bonds. The molecule has 0 aliphatic rings. The second-order valence-corrected chi connectivity index (χ2v) is 2.83. The van der Waals surface area contributed by atoms with Gasteiger partial charge in [-0.1, -0.05) is 0 Å². The smallest absolute Gasteiger partial charge is 0.187 e. The van der Waals surface area contributed by atoms with Crippen LogP contribution >= 0.6 is 23.4 Å². The molecule has 0 spiro atoms. The van der Waals surface area contributed by atoms with Crippen molar-refractivity contribution in [2.45, 2.75) is 5.38 Å². The van der Waals surface area contributed by atoms with Crippen LogP contribution in [0.4, 0.5) is 8.78 Å². The van der Waals surface area contributed by atoms with Gasteiger partial charge in [0.25, 0.3) is 0 Å². The van der Waals surface area contributed by atoms with Crippen molar-refractivity contribution in [2.24, 2.45) is 0 Å². The molecule has 0 aromatic heterocycles. The van der Waals surface area contributed by atoms with Crippen LogP contribution in [-0.2, 0) is 0 Å². The van der Waals surface area contributed by atoms with E-state index in [4.69, 9.17) is 0 Å². The third-order valence-electron chi connectivity index (χ3n) is 0.410. The molecule has 0 rings (SSSR count). The first-order valence-corrected chi connectivity index (χ1v) is 3.53. The molecule has 0 saturated heterocycles. The lowest BCUT2D eigenvalue weighted by Gasteiger charge is -2.03. The average molecular weight is 160 g/mol. The fraction of sp³-hybridized carbons (Fsp3) is 0.750. The van der Waals surface area contributed by atoms with Gasteiger partial charge in [0.15, 0.2) is 0 Å². The van der Waals surface area contributed by atoms with Crippen LogP contribution in [-0.4, -0.2) is 16.9 Å². The van der Waals surface area contributed by atoms with Crippen LogP contribution in [0.25, 0.3) is 0 Å². The summed E-state index contributed by atoms with van der Waals surface area (Å²) in [6, 6.07) is 0. The summed E-state index contributed by atoms with van der Waals surface area (Å²) in [7, 11) is 0. The van der Waals surface area contributed by atoms with E-state index in [9.17, 15) is 8.78 Å². The van der Waals surface area contributed by atoms with Gasteiger partial charge in [0, 0.05) is 0 Å². The Morgan fingerprint density at radius 1 is 1.62 bits per heavy atom. The predicted octanol–water partition coefficient (Wildman–Crippen LogP) is 2.39. The van der Waals surface area contributed by atoms with Crippen LogP contribution in [0.3, 0.4) is 0 Å². The Bertz CT molecular complexity index is 61.5. The first-order chi connectivity index (χ1) is 3.56. The minimum atomic E-state index is -3.05. The standard InChI is InChI=1S/C4H6ClF2S/c1-2-8-3-4(5,6)7/h1-3H2. The Morgan fingerprint density at radius 3 is 2.25 bits per heavy atom. The van der Waals surface area contributed by atoms with Gasteiger partial charge < -0.3 is 0 Å². The van der Waals surface area contributed by atoms with Gasteiger partial charge >= 0.3 is 5.38 Å². The lowest BCUT2D eigenvalue weighted by molar-refractivity contribution is 0.125. The van der Waals surface area contributed by atoms with E-state index in [1.54, 1.807) is 0 Å². The molecule has 1 radical (unpaired) electrons. The summed E-state index contributed by atoms with van der Waals surface area (Å²) in [5, 5.41) is -3.05. The molecule has 0 aromatic carbocycles. The fourth-order valence-corrected chi connectivity index (χ4v) is 0.795. The van der Waals surface area contributed by atoms with Crippen molar-refractivity contribution in [3.63, 3.8) is 0 Å². The third-order valence-corrected chi connectivity index (χ3v) is 1.56. The number of alkyl halides is 3. The zero-order valence-corrected chi connectivity index (χ0v) is 5.74. The molecule has 0 bridgehead atoms. The maximum absolute atomic E-state index is 11.6. The Morgan fingerprint density at radius 2 is 2.12 bits per heavy atom. The van der Waals surface area contributed by atoms with Gasteiger partial charge in [-0.3, -0.25) is 0 Å². The molecule has 0 atom stereocenters. The van der Waals surface area contributed by atoms with Crippen LogP contribution in [0.15, 0.2) is 0 Å². The Balaban J connectivity index is 3.11. The van der Waals surface area contributed by atoms with Gasteiger partial charge in [0.1, 0.15) is 0 Å². The number of halogens is 3. The fourth-order valence-electron chi connectivity index (χ4n) is 0.188. The van der Waals surface area contributed by atoms with Gasteiger partial charge in [-0.2, -0.15) is 20.5 Å². The van der Waals surface area contributed by atoms with E-state index in [2.05, 4.69) is 18.5 Å². The minimum absolute atomic E-state index is 0.349. The molecule has 0 aliphatic carbocycles. The molecule has 8 heavy (non-hydrogen) atoms. The van der Waals surface area contributed by atoms with Crippen LogP contribution in [0.2, 0.25) is 0 Å². The van der Waals surface area contributed by atoms with Crippen LogP contribution in [0.5, 0.6) is 0 Å². The zero-order valence-electron chi connectivity index (χ0n) is 4.16. The Labute approximate surface area is 56.6 Å². The van der Waals surface area contributed by atoms with Crippen molar-refractivity contribution in [2.75, 3.05) is 11.5 Å². The van der Waals surface area contributed by atoms with Crippen molar-refractivity contribution >= 4 is 23.4 Å². The van der Waals surface area contributed by atoms with Crippen molar-refractivity contribution in [1.29, 1.82) is 0 Å². The summed E-state index contributed by atoms with van der Waals surface area (Å²) >= 11 is 5.55. The van der Waals surface area contributed by atoms with Gasteiger partial charge in [0.2, 0.25) is 0 Å². The quantitative estimate of drug-likeness (QED) is 0.570. The number of thioether (sulfide) groups is 1. The highest BCUT2D eigenvalue weighted by atomic mass is 35.5. The lowest BCUT2D eigenvalue weighted by Crippen LogP contribution is -2.08. The second-order valence-electron chi connectivity index (χ2n) is 1.17. The van der Waals surface area contributed by atoms with Crippen LogP contribution < -0.4 is 0 Å². The molecular formula is C4H6ClF2S. The number of rotatable bonds is 3. The molecule has 0 nitrogen and oxygen atoms in total. The Hall–Kier alpha value is 0.500. The minimum Gasteiger partial charge on any atom is -0.187 e. The average Bonchev–Trinajstić information content (AvgIpc) is 1.59. The summed E-state index contributed by atoms with van der Waals surface area (Å²) in [6.45, 7) is 3.36. The van der Waals surface area contributed by atoms with E-state index < -0.39 is 5.38 Å². The molecule has 4 heteroatoms. The molecule has 49 valence electrons. The first-order valence-electron chi connectivity index (χ1n) is 2.00. The molecule has 0 N–H and O–H groups in total. The van der Waals surface area contributed by atoms with E-state index in [1.165, 1.54) is 0 Å². The molecule has 0 saturated carbocycles. The maximum Gasteiger partial charge on any atom is 0.330 e. The van der Waals surface area contributed by atoms with E-state index in [0.717, 1.165) is 11.8 Å². The van der Waals surface area contributed by atoms with Crippen molar-refractivity contribution < 1.29 is 8.78 Å².